The first-order chi connectivity index (χ1) is 15.0. The molecule has 0 aromatic heterocycles. The van der Waals surface area contributed by atoms with Crippen molar-refractivity contribution in [2.24, 2.45) is 0 Å². The Hall–Kier alpha value is -2.84. The number of ether oxygens (including phenoxy) is 3. The van der Waals surface area contributed by atoms with Crippen LogP contribution in [0.2, 0.25) is 0 Å². The minimum absolute atomic E-state index is 0.219. The molecule has 1 saturated heterocycles. The number of carbonyl (C=O) groups excluding carboxylic acids is 2. The molecule has 6 nitrogen and oxygen atoms in total. The van der Waals surface area contributed by atoms with Crippen LogP contribution in [0.25, 0.3) is 6.08 Å². The van der Waals surface area contributed by atoms with E-state index in [0.29, 0.717) is 38.6 Å². The molecular weight excluding hydrogens is 434 g/mol. The van der Waals surface area contributed by atoms with E-state index in [-0.39, 0.29) is 11.9 Å². The van der Waals surface area contributed by atoms with Gasteiger partial charge in [-0.15, -0.1) is 0 Å². The normalized spacial score (nSPS) is 14.8. The summed E-state index contributed by atoms with van der Waals surface area (Å²) in [5, 5.41) is 0. The molecule has 3 rings (SSSR count). The molecule has 1 fully saturated rings. The van der Waals surface area contributed by atoms with E-state index in [1.165, 1.54) is 16.7 Å². The van der Waals surface area contributed by atoms with Crippen LogP contribution >= 0.6 is 24.0 Å². The Bertz CT molecular complexity index is 1020. The van der Waals surface area contributed by atoms with E-state index >= 15 is 0 Å². The summed E-state index contributed by atoms with van der Waals surface area (Å²) < 4.78 is 16.2. The minimum atomic E-state index is -0.376. The highest BCUT2D eigenvalue weighted by Gasteiger charge is 2.33. The lowest BCUT2D eigenvalue weighted by molar-refractivity contribution is -0.113. The first-order valence-electron chi connectivity index (χ1n) is 9.75. The van der Waals surface area contributed by atoms with Gasteiger partial charge >= 0.3 is 5.97 Å². The van der Waals surface area contributed by atoms with Gasteiger partial charge < -0.3 is 14.2 Å². The summed E-state index contributed by atoms with van der Waals surface area (Å²) in [6.07, 6.45) is 3.55. The van der Waals surface area contributed by atoms with Crippen LogP contribution in [-0.2, 0) is 9.53 Å². The first kappa shape index (κ1) is 22.8. The van der Waals surface area contributed by atoms with E-state index in [2.05, 4.69) is 0 Å². The number of unbranched alkanes of at least 4 members (excludes halogenated alkanes) is 1. The van der Waals surface area contributed by atoms with Crippen molar-refractivity contribution in [2.45, 2.75) is 19.8 Å². The molecule has 0 spiro atoms. The quantitative estimate of drug-likeness (QED) is 0.237. The van der Waals surface area contributed by atoms with Crippen molar-refractivity contribution in [1.29, 1.82) is 0 Å². The summed E-state index contributed by atoms with van der Waals surface area (Å²) >= 11 is 6.65. The molecule has 1 aliphatic rings. The van der Waals surface area contributed by atoms with Crippen molar-refractivity contribution in [1.82, 2.24) is 0 Å². The van der Waals surface area contributed by atoms with E-state index in [9.17, 15) is 9.59 Å². The Labute approximate surface area is 191 Å². The number of rotatable bonds is 8. The van der Waals surface area contributed by atoms with Gasteiger partial charge in [0.05, 0.1) is 37.0 Å². The van der Waals surface area contributed by atoms with E-state index in [4.69, 9.17) is 26.4 Å². The van der Waals surface area contributed by atoms with E-state index in [1.807, 2.05) is 13.0 Å². The topological polar surface area (TPSA) is 65.1 Å². The molecule has 2 aromatic rings. The van der Waals surface area contributed by atoms with Gasteiger partial charge in [0.2, 0.25) is 0 Å². The molecule has 0 aliphatic carbocycles. The van der Waals surface area contributed by atoms with E-state index in [1.54, 1.807) is 56.7 Å². The fourth-order valence-electron chi connectivity index (χ4n) is 2.92. The van der Waals surface area contributed by atoms with Gasteiger partial charge in [0.1, 0.15) is 0 Å². The second kappa shape index (κ2) is 10.5. The molecule has 8 heteroatoms. The van der Waals surface area contributed by atoms with Gasteiger partial charge in [-0.3, -0.25) is 9.69 Å². The lowest BCUT2D eigenvalue weighted by Crippen LogP contribution is -2.27. The zero-order valence-corrected chi connectivity index (χ0v) is 19.2. The number of anilines is 1. The molecule has 0 bridgehead atoms. The molecule has 2 aromatic carbocycles. The van der Waals surface area contributed by atoms with E-state index < -0.39 is 0 Å². The van der Waals surface area contributed by atoms with Gasteiger partial charge in [-0.25, -0.2) is 4.79 Å². The molecule has 1 aliphatic heterocycles. The molecule has 31 heavy (non-hydrogen) atoms. The first-order valence-corrected chi connectivity index (χ1v) is 11.0. The summed E-state index contributed by atoms with van der Waals surface area (Å²) in [5.41, 5.74) is 1.83. The van der Waals surface area contributed by atoms with Crippen molar-refractivity contribution >= 4 is 51.9 Å². The average molecular weight is 458 g/mol. The van der Waals surface area contributed by atoms with Gasteiger partial charge in [-0.05, 0) is 54.5 Å². The number of amides is 1. The largest absolute Gasteiger partial charge is 0.493 e. The number of carbonyl (C=O) groups is 2. The molecule has 1 amide bonds. The average Bonchev–Trinajstić information content (AvgIpc) is 3.06. The fraction of sp³-hybridized carbons (Fsp3) is 0.261. The van der Waals surface area contributed by atoms with Crippen LogP contribution in [0.4, 0.5) is 5.69 Å². The van der Waals surface area contributed by atoms with Gasteiger partial charge in [0, 0.05) is 0 Å². The number of benzene rings is 2. The van der Waals surface area contributed by atoms with Crippen molar-refractivity contribution in [3.8, 4) is 11.5 Å². The third-order valence-electron chi connectivity index (χ3n) is 4.59. The zero-order valence-electron chi connectivity index (χ0n) is 17.5. The number of esters is 1. The smallest absolute Gasteiger partial charge is 0.338 e. The highest BCUT2D eigenvalue weighted by Crippen LogP contribution is 2.37. The maximum absolute atomic E-state index is 13.0. The summed E-state index contributed by atoms with van der Waals surface area (Å²) in [5.74, 6) is 0.593. The molecule has 162 valence electrons. The summed E-state index contributed by atoms with van der Waals surface area (Å²) in [7, 11) is 3.13. The standard InChI is InChI=1S/C23H23NO5S2/c1-4-5-12-29-22(26)16-7-9-17(10-8-16)24-21(25)20(31-23(24)30)14-15-6-11-18(27-2)19(13-15)28-3/h6-11,13-14H,4-5,12H2,1-3H3/b20-14-. The van der Waals surface area contributed by atoms with Gasteiger partial charge in [0.25, 0.3) is 5.91 Å². The van der Waals surface area contributed by atoms with Gasteiger partial charge in [-0.2, -0.15) is 0 Å². The molecule has 0 radical (unpaired) electrons. The van der Waals surface area contributed by atoms with Crippen LogP contribution in [0, 0.1) is 0 Å². The molecule has 0 atom stereocenters. The fourth-order valence-corrected chi connectivity index (χ4v) is 4.22. The predicted molar refractivity (Wildman–Crippen MR) is 127 cm³/mol. The Balaban J connectivity index is 1.77. The summed E-state index contributed by atoms with van der Waals surface area (Å²) in [4.78, 5) is 27.0. The van der Waals surface area contributed by atoms with Crippen LogP contribution in [0.15, 0.2) is 47.4 Å². The van der Waals surface area contributed by atoms with Crippen molar-refractivity contribution in [3.63, 3.8) is 0 Å². The second-order valence-corrected chi connectivity index (χ2v) is 8.34. The molecular formula is C23H23NO5S2. The van der Waals surface area contributed by atoms with Gasteiger partial charge in [-0.1, -0.05) is 43.4 Å². The van der Waals surface area contributed by atoms with E-state index in [0.717, 1.165) is 18.4 Å². The highest BCUT2D eigenvalue weighted by atomic mass is 32.2. The highest BCUT2D eigenvalue weighted by molar-refractivity contribution is 8.27. The Kier molecular flexibility index (Phi) is 7.70. The number of hydrogen-bond donors (Lipinski definition) is 0. The number of thioether (sulfide) groups is 1. The maximum Gasteiger partial charge on any atom is 0.338 e. The lowest BCUT2D eigenvalue weighted by Gasteiger charge is -2.15. The molecule has 0 N–H and O–H groups in total. The number of thiocarbonyl (C=S) groups is 1. The number of methoxy groups -OCH3 is 2. The lowest BCUT2D eigenvalue weighted by atomic mass is 10.1. The second-order valence-electron chi connectivity index (χ2n) is 6.67. The molecule has 0 unspecified atom stereocenters. The van der Waals surface area contributed by atoms with Crippen molar-refractivity contribution < 1.29 is 23.8 Å². The minimum Gasteiger partial charge on any atom is -0.493 e. The molecule has 0 saturated carbocycles. The molecule has 1 heterocycles. The zero-order chi connectivity index (χ0) is 22.4. The Morgan fingerprint density at radius 2 is 1.81 bits per heavy atom. The van der Waals surface area contributed by atoms with Crippen LogP contribution < -0.4 is 14.4 Å². The third kappa shape index (κ3) is 5.26. The van der Waals surface area contributed by atoms with Crippen LogP contribution in [0.5, 0.6) is 11.5 Å². The summed E-state index contributed by atoms with van der Waals surface area (Å²) in [6, 6.07) is 12.1. The van der Waals surface area contributed by atoms with Gasteiger partial charge in [0.15, 0.2) is 15.8 Å². The van der Waals surface area contributed by atoms with Crippen LogP contribution in [0.3, 0.4) is 0 Å². The number of hydrogen-bond acceptors (Lipinski definition) is 7. The van der Waals surface area contributed by atoms with Crippen LogP contribution in [-0.4, -0.2) is 37.0 Å². The Morgan fingerprint density at radius 1 is 1.10 bits per heavy atom. The van der Waals surface area contributed by atoms with Crippen LogP contribution in [0.1, 0.15) is 35.7 Å². The summed E-state index contributed by atoms with van der Waals surface area (Å²) in [6.45, 7) is 2.43. The third-order valence-corrected chi connectivity index (χ3v) is 5.89. The maximum atomic E-state index is 13.0. The number of nitrogens with zero attached hydrogens (tertiary/aromatic N) is 1. The Morgan fingerprint density at radius 3 is 2.45 bits per heavy atom. The van der Waals surface area contributed by atoms with Crippen molar-refractivity contribution in [3.05, 3.63) is 58.5 Å². The SMILES string of the molecule is CCCCOC(=O)c1ccc(N2C(=O)/C(=C/c3ccc(OC)c(OC)c3)SC2=S)cc1. The monoisotopic (exact) mass is 457 g/mol. The predicted octanol–water partition coefficient (Wildman–Crippen LogP) is 5.07. The van der Waals surface area contributed by atoms with Crippen molar-refractivity contribution in [2.75, 3.05) is 25.7 Å².